The van der Waals surface area contributed by atoms with E-state index in [1.807, 2.05) is 6.92 Å². The Morgan fingerprint density at radius 3 is 3.07 bits per heavy atom. The van der Waals surface area contributed by atoms with Gasteiger partial charge in [0, 0.05) is 12.6 Å². The van der Waals surface area contributed by atoms with Crippen LogP contribution in [0.15, 0.2) is 0 Å². The maximum atomic E-state index is 11.2. The van der Waals surface area contributed by atoms with Gasteiger partial charge >= 0.3 is 0 Å². The van der Waals surface area contributed by atoms with Gasteiger partial charge in [-0.3, -0.25) is 4.79 Å². The van der Waals surface area contributed by atoms with Crippen LogP contribution in [0.2, 0.25) is 0 Å². The predicted molar refractivity (Wildman–Crippen MR) is 56.7 cm³/mol. The molecular formula is C10H20N2O3. The zero-order valence-electron chi connectivity index (χ0n) is 9.41. The van der Waals surface area contributed by atoms with Gasteiger partial charge in [0.05, 0.1) is 25.9 Å². The molecule has 1 heterocycles. The third-order valence-electron chi connectivity index (χ3n) is 2.21. The molecule has 0 aliphatic carbocycles. The van der Waals surface area contributed by atoms with Crippen LogP contribution in [0.4, 0.5) is 0 Å². The Morgan fingerprint density at radius 2 is 2.47 bits per heavy atom. The van der Waals surface area contributed by atoms with Crippen LogP contribution in [0.3, 0.4) is 0 Å². The van der Waals surface area contributed by atoms with E-state index in [-0.39, 0.29) is 18.1 Å². The van der Waals surface area contributed by atoms with Gasteiger partial charge in [-0.1, -0.05) is 0 Å². The molecule has 1 amide bonds. The van der Waals surface area contributed by atoms with Crippen molar-refractivity contribution in [3.63, 3.8) is 0 Å². The quantitative estimate of drug-likeness (QED) is 0.629. The summed E-state index contributed by atoms with van der Waals surface area (Å²) in [6.45, 7) is 4.28. The Hall–Kier alpha value is -0.650. The lowest BCUT2D eigenvalue weighted by atomic mass is 10.3. The number of hydrogen-bond acceptors (Lipinski definition) is 4. The summed E-state index contributed by atoms with van der Waals surface area (Å²) in [6, 6.07) is 0.0476. The summed E-state index contributed by atoms with van der Waals surface area (Å²) in [5, 5.41) is 5.63. The van der Waals surface area contributed by atoms with E-state index in [0.717, 1.165) is 13.0 Å². The number of carbonyl (C=O) groups is 1. The van der Waals surface area contributed by atoms with Crippen LogP contribution >= 0.6 is 0 Å². The average molecular weight is 216 g/mol. The lowest BCUT2D eigenvalue weighted by Crippen LogP contribution is -2.41. The predicted octanol–water partition coefficient (Wildman–Crippen LogP) is -0.484. The van der Waals surface area contributed by atoms with E-state index in [0.29, 0.717) is 19.8 Å². The highest BCUT2D eigenvalue weighted by Gasteiger charge is 2.17. The lowest BCUT2D eigenvalue weighted by molar-refractivity contribution is -0.121. The summed E-state index contributed by atoms with van der Waals surface area (Å²) < 4.78 is 10.8. The monoisotopic (exact) mass is 216 g/mol. The van der Waals surface area contributed by atoms with Crippen molar-refractivity contribution < 1.29 is 14.3 Å². The third kappa shape index (κ3) is 5.11. The fourth-order valence-corrected chi connectivity index (χ4v) is 1.45. The Morgan fingerprint density at radius 1 is 1.67 bits per heavy atom. The van der Waals surface area contributed by atoms with E-state index >= 15 is 0 Å². The minimum Gasteiger partial charge on any atom is -0.379 e. The normalized spacial score (nSPS) is 22.7. The van der Waals surface area contributed by atoms with E-state index in [1.54, 1.807) is 7.05 Å². The van der Waals surface area contributed by atoms with Gasteiger partial charge in [0.1, 0.15) is 0 Å². The highest BCUT2D eigenvalue weighted by Crippen LogP contribution is 2.08. The van der Waals surface area contributed by atoms with Crippen molar-refractivity contribution >= 4 is 5.91 Å². The van der Waals surface area contributed by atoms with Crippen LogP contribution < -0.4 is 10.6 Å². The zero-order chi connectivity index (χ0) is 11.1. The average Bonchev–Trinajstić information content (AvgIpc) is 2.67. The molecule has 0 aromatic carbocycles. The zero-order valence-corrected chi connectivity index (χ0v) is 9.41. The molecule has 2 atom stereocenters. The van der Waals surface area contributed by atoms with E-state index in [2.05, 4.69) is 10.6 Å². The van der Waals surface area contributed by atoms with Crippen molar-refractivity contribution in [2.45, 2.75) is 25.5 Å². The Kier molecular flexibility index (Phi) is 5.60. The second-order valence-electron chi connectivity index (χ2n) is 3.82. The molecule has 1 fully saturated rings. The summed E-state index contributed by atoms with van der Waals surface area (Å²) in [5.74, 6) is -0.00345. The van der Waals surface area contributed by atoms with Gasteiger partial charge in [0.2, 0.25) is 5.91 Å². The molecule has 5 nitrogen and oxygen atoms in total. The first-order chi connectivity index (χ1) is 7.22. The maximum Gasteiger partial charge on any atom is 0.234 e. The van der Waals surface area contributed by atoms with Crippen molar-refractivity contribution in [2.24, 2.45) is 0 Å². The molecule has 1 rings (SSSR count). The fraction of sp³-hybridized carbons (Fsp3) is 0.900. The van der Waals surface area contributed by atoms with Crippen molar-refractivity contribution in [3.8, 4) is 0 Å². The summed E-state index contributed by atoms with van der Waals surface area (Å²) in [6.07, 6.45) is 1.16. The van der Waals surface area contributed by atoms with Gasteiger partial charge in [-0.25, -0.2) is 0 Å². The van der Waals surface area contributed by atoms with Crippen molar-refractivity contribution in [1.29, 1.82) is 0 Å². The molecule has 2 N–H and O–H groups in total. The fourth-order valence-electron chi connectivity index (χ4n) is 1.45. The molecule has 0 saturated carbocycles. The molecule has 1 saturated heterocycles. The Labute approximate surface area is 90.5 Å². The van der Waals surface area contributed by atoms with Gasteiger partial charge < -0.3 is 20.1 Å². The van der Waals surface area contributed by atoms with Crippen LogP contribution in [0.5, 0.6) is 0 Å². The van der Waals surface area contributed by atoms with Crippen LogP contribution in [0.25, 0.3) is 0 Å². The molecule has 0 bridgehead atoms. The standard InChI is InChI=1S/C10H20N2O3/c1-8(12-10(13)5-11-2)6-15-9-3-4-14-7-9/h8-9,11H,3-7H2,1-2H3,(H,12,13). The smallest absolute Gasteiger partial charge is 0.234 e. The second kappa shape index (κ2) is 6.76. The van der Waals surface area contributed by atoms with Gasteiger partial charge in [-0.15, -0.1) is 0 Å². The summed E-state index contributed by atoms with van der Waals surface area (Å²) >= 11 is 0. The van der Waals surface area contributed by atoms with Gasteiger partial charge in [0.15, 0.2) is 0 Å². The highest BCUT2D eigenvalue weighted by molar-refractivity contribution is 5.78. The number of likely N-dealkylation sites (N-methyl/N-ethyl adjacent to an activating group) is 1. The Bertz CT molecular complexity index is 193. The van der Waals surface area contributed by atoms with Gasteiger partial charge in [0.25, 0.3) is 0 Å². The van der Waals surface area contributed by atoms with Gasteiger partial charge in [-0.05, 0) is 20.4 Å². The van der Waals surface area contributed by atoms with Crippen LogP contribution in [-0.4, -0.2) is 51.5 Å². The lowest BCUT2D eigenvalue weighted by Gasteiger charge is -2.16. The van der Waals surface area contributed by atoms with Crippen molar-refractivity contribution in [2.75, 3.05) is 33.4 Å². The van der Waals surface area contributed by atoms with Crippen molar-refractivity contribution in [3.05, 3.63) is 0 Å². The minimum absolute atomic E-state index is 0.00345. The molecule has 88 valence electrons. The second-order valence-corrected chi connectivity index (χ2v) is 3.82. The third-order valence-corrected chi connectivity index (χ3v) is 2.21. The molecule has 0 aromatic heterocycles. The molecule has 0 spiro atoms. The molecule has 0 radical (unpaired) electrons. The summed E-state index contributed by atoms with van der Waals surface area (Å²) in [4.78, 5) is 11.2. The maximum absolute atomic E-state index is 11.2. The van der Waals surface area contributed by atoms with Crippen LogP contribution in [0.1, 0.15) is 13.3 Å². The number of nitrogens with one attached hydrogen (secondary N) is 2. The molecule has 2 unspecified atom stereocenters. The van der Waals surface area contributed by atoms with E-state index in [1.165, 1.54) is 0 Å². The topological polar surface area (TPSA) is 59.6 Å². The molecule has 1 aliphatic rings. The number of rotatable bonds is 6. The van der Waals surface area contributed by atoms with E-state index in [9.17, 15) is 4.79 Å². The van der Waals surface area contributed by atoms with Crippen LogP contribution in [-0.2, 0) is 14.3 Å². The molecule has 5 heteroatoms. The number of hydrogen-bond donors (Lipinski definition) is 2. The SMILES string of the molecule is CNCC(=O)NC(C)COC1CCOC1. The van der Waals surface area contributed by atoms with E-state index in [4.69, 9.17) is 9.47 Å². The highest BCUT2D eigenvalue weighted by atomic mass is 16.5. The first-order valence-corrected chi connectivity index (χ1v) is 5.35. The summed E-state index contributed by atoms with van der Waals surface area (Å²) in [7, 11) is 1.75. The largest absolute Gasteiger partial charge is 0.379 e. The number of amides is 1. The van der Waals surface area contributed by atoms with Crippen molar-refractivity contribution in [1.82, 2.24) is 10.6 Å². The molecule has 1 aliphatic heterocycles. The molecule has 0 aromatic rings. The molecular weight excluding hydrogens is 196 g/mol. The minimum atomic E-state index is -0.00345. The van der Waals surface area contributed by atoms with Crippen LogP contribution in [0, 0.1) is 0 Å². The first-order valence-electron chi connectivity index (χ1n) is 5.35. The number of ether oxygens (including phenoxy) is 2. The first kappa shape index (κ1) is 12.4. The Balaban J connectivity index is 2.06. The van der Waals surface area contributed by atoms with Gasteiger partial charge in [-0.2, -0.15) is 0 Å². The number of carbonyl (C=O) groups excluding carboxylic acids is 1. The molecule has 15 heavy (non-hydrogen) atoms. The summed E-state index contributed by atoms with van der Waals surface area (Å²) in [5.41, 5.74) is 0. The van der Waals surface area contributed by atoms with E-state index < -0.39 is 0 Å².